The maximum atomic E-state index is 11.9. The van der Waals surface area contributed by atoms with Gasteiger partial charge in [0.25, 0.3) is 0 Å². The largest absolute Gasteiger partial charge is 0.301 e. The lowest BCUT2D eigenvalue weighted by atomic mass is 10.0. The third kappa shape index (κ3) is 2.75. The van der Waals surface area contributed by atoms with Gasteiger partial charge in [0.15, 0.2) is 5.82 Å². The van der Waals surface area contributed by atoms with Crippen LogP contribution in [0.4, 0.5) is 5.13 Å². The number of anilines is 1. The van der Waals surface area contributed by atoms with Crippen LogP contribution < -0.4 is 5.32 Å². The summed E-state index contributed by atoms with van der Waals surface area (Å²) in [7, 11) is 0. The highest BCUT2D eigenvalue weighted by molar-refractivity contribution is 7.20. The molecule has 0 atom stereocenters. The zero-order valence-corrected chi connectivity index (χ0v) is 11.7. The van der Waals surface area contributed by atoms with Crippen molar-refractivity contribution in [3.05, 3.63) is 5.82 Å². The van der Waals surface area contributed by atoms with Crippen LogP contribution in [0.3, 0.4) is 0 Å². The average Bonchev–Trinajstić information content (AvgIpc) is 3.07. The summed E-state index contributed by atoms with van der Waals surface area (Å²) >= 11 is 1.35. The second kappa shape index (κ2) is 5.24. The van der Waals surface area contributed by atoms with Crippen molar-refractivity contribution in [2.24, 2.45) is 5.92 Å². The molecule has 2 aromatic rings. The van der Waals surface area contributed by atoms with Crippen LogP contribution in [0.1, 0.15) is 44.3 Å². The lowest BCUT2D eigenvalue weighted by Crippen LogP contribution is -2.12. The Hall–Kier alpha value is -1.50. The minimum absolute atomic E-state index is 0.0505. The quantitative estimate of drug-likeness (QED) is 0.932. The highest BCUT2D eigenvalue weighted by atomic mass is 32.1. The van der Waals surface area contributed by atoms with Crippen LogP contribution >= 0.6 is 11.3 Å². The Bertz CT molecular complexity index is 584. The monoisotopic (exact) mass is 279 g/mol. The van der Waals surface area contributed by atoms with Gasteiger partial charge in [-0.05, 0) is 19.3 Å². The minimum Gasteiger partial charge on any atom is -0.301 e. The summed E-state index contributed by atoms with van der Waals surface area (Å²) in [6, 6.07) is 0. The molecule has 1 amide bonds. The zero-order valence-electron chi connectivity index (χ0n) is 10.9. The Morgan fingerprint density at radius 3 is 2.95 bits per heavy atom. The van der Waals surface area contributed by atoms with Gasteiger partial charge < -0.3 is 5.32 Å². The molecule has 1 aliphatic rings. The predicted molar refractivity (Wildman–Crippen MR) is 73.2 cm³/mol. The summed E-state index contributed by atoms with van der Waals surface area (Å²) in [5.74, 6) is 1.53. The summed E-state index contributed by atoms with van der Waals surface area (Å²) in [5, 5.41) is 15.6. The van der Waals surface area contributed by atoms with Gasteiger partial charge in [-0.15, -0.1) is 15.3 Å². The standard InChI is InChI=1S/C12H17N5OS/c1-8-14-15-12-17(8)16-11(19-12)13-10(18)7-6-9-4-2-3-5-9/h9H,2-7H2,1H3,(H,13,16,18). The van der Waals surface area contributed by atoms with E-state index in [0.717, 1.165) is 18.2 Å². The minimum atomic E-state index is 0.0505. The summed E-state index contributed by atoms with van der Waals surface area (Å²) in [6.45, 7) is 1.84. The van der Waals surface area contributed by atoms with Crippen LogP contribution in [0.15, 0.2) is 0 Å². The number of carbonyl (C=O) groups is 1. The fourth-order valence-electron chi connectivity index (χ4n) is 2.58. The summed E-state index contributed by atoms with van der Waals surface area (Å²) in [6.07, 6.45) is 6.79. The molecule has 3 rings (SSSR count). The Labute approximate surface area is 115 Å². The smallest absolute Gasteiger partial charge is 0.236 e. The number of aromatic nitrogens is 4. The van der Waals surface area contributed by atoms with Crippen molar-refractivity contribution in [1.29, 1.82) is 0 Å². The molecule has 0 spiro atoms. The zero-order chi connectivity index (χ0) is 13.2. The molecule has 0 radical (unpaired) electrons. The third-order valence-electron chi connectivity index (χ3n) is 3.65. The number of fused-ring (bicyclic) bond motifs is 1. The molecular formula is C12H17N5OS. The van der Waals surface area contributed by atoms with Gasteiger partial charge in [-0.1, -0.05) is 37.0 Å². The summed E-state index contributed by atoms with van der Waals surface area (Å²) < 4.78 is 1.65. The number of hydrogen-bond acceptors (Lipinski definition) is 5. The molecule has 2 aromatic heterocycles. The highest BCUT2D eigenvalue weighted by Crippen LogP contribution is 2.28. The first-order valence-electron chi connectivity index (χ1n) is 6.71. The van der Waals surface area contributed by atoms with Crippen molar-refractivity contribution in [2.75, 3.05) is 5.32 Å². The van der Waals surface area contributed by atoms with E-state index in [1.165, 1.54) is 37.0 Å². The first kappa shape index (κ1) is 12.5. The van der Waals surface area contributed by atoms with E-state index in [1.807, 2.05) is 6.92 Å². The molecule has 1 fully saturated rings. The normalized spacial score (nSPS) is 16.3. The predicted octanol–water partition coefficient (Wildman–Crippen LogP) is 2.40. The molecule has 1 saturated carbocycles. The number of nitrogens with one attached hydrogen (secondary N) is 1. The number of amides is 1. The van der Waals surface area contributed by atoms with Crippen molar-refractivity contribution in [3.8, 4) is 0 Å². The van der Waals surface area contributed by atoms with Crippen LogP contribution in [-0.4, -0.2) is 25.7 Å². The molecular weight excluding hydrogens is 262 g/mol. The first-order valence-corrected chi connectivity index (χ1v) is 7.53. The van der Waals surface area contributed by atoms with E-state index in [0.29, 0.717) is 16.5 Å². The van der Waals surface area contributed by atoms with Crippen LogP contribution in [0.25, 0.3) is 4.96 Å². The molecule has 1 N–H and O–H groups in total. The van der Waals surface area contributed by atoms with E-state index in [1.54, 1.807) is 4.52 Å². The molecule has 1 aliphatic carbocycles. The molecule has 6 nitrogen and oxygen atoms in total. The topological polar surface area (TPSA) is 72.2 Å². The lowest BCUT2D eigenvalue weighted by molar-refractivity contribution is -0.116. The van der Waals surface area contributed by atoms with Gasteiger partial charge in [0.1, 0.15) is 0 Å². The van der Waals surface area contributed by atoms with E-state index in [2.05, 4.69) is 20.6 Å². The van der Waals surface area contributed by atoms with Gasteiger partial charge in [0.2, 0.25) is 16.0 Å². The van der Waals surface area contributed by atoms with Gasteiger partial charge >= 0.3 is 0 Å². The number of aryl methyl sites for hydroxylation is 1. The van der Waals surface area contributed by atoms with E-state index >= 15 is 0 Å². The molecule has 2 heterocycles. The average molecular weight is 279 g/mol. The van der Waals surface area contributed by atoms with E-state index in [4.69, 9.17) is 0 Å². The molecule has 0 unspecified atom stereocenters. The van der Waals surface area contributed by atoms with Crippen LogP contribution in [0.2, 0.25) is 0 Å². The Kier molecular flexibility index (Phi) is 3.46. The molecule has 0 saturated heterocycles. The van der Waals surface area contributed by atoms with Crippen LogP contribution in [-0.2, 0) is 4.79 Å². The number of hydrogen-bond donors (Lipinski definition) is 1. The lowest BCUT2D eigenvalue weighted by Gasteiger charge is -2.07. The molecule has 19 heavy (non-hydrogen) atoms. The number of rotatable bonds is 4. The summed E-state index contributed by atoms with van der Waals surface area (Å²) in [5.41, 5.74) is 0. The van der Waals surface area contributed by atoms with E-state index in [9.17, 15) is 4.79 Å². The molecule has 0 aliphatic heterocycles. The van der Waals surface area contributed by atoms with Crippen molar-refractivity contribution in [1.82, 2.24) is 19.8 Å². The van der Waals surface area contributed by atoms with Crippen molar-refractivity contribution >= 4 is 27.3 Å². The van der Waals surface area contributed by atoms with E-state index < -0.39 is 0 Å². The van der Waals surface area contributed by atoms with Crippen LogP contribution in [0, 0.1) is 12.8 Å². The first-order chi connectivity index (χ1) is 9.22. The van der Waals surface area contributed by atoms with Crippen molar-refractivity contribution < 1.29 is 4.79 Å². The maximum Gasteiger partial charge on any atom is 0.236 e. The van der Waals surface area contributed by atoms with Gasteiger partial charge in [-0.3, -0.25) is 4.79 Å². The highest BCUT2D eigenvalue weighted by Gasteiger charge is 2.17. The van der Waals surface area contributed by atoms with Gasteiger partial charge in [0, 0.05) is 6.42 Å². The van der Waals surface area contributed by atoms with Crippen molar-refractivity contribution in [3.63, 3.8) is 0 Å². The van der Waals surface area contributed by atoms with Gasteiger partial charge in [0.05, 0.1) is 0 Å². The molecule has 7 heteroatoms. The number of nitrogens with zero attached hydrogens (tertiary/aromatic N) is 4. The van der Waals surface area contributed by atoms with Crippen LogP contribution in [0.5, 0.6) is 0 Å². The molecule has 0 bridgehead atoms. The second-order valence-electron chi connectivity index (χ2n) is 5.09. The fraction of sp³-hybridized carbons (Fsp3) is 0.667. The maximum absolute atomic E-state index is 11.9. The fourth-order valence-corrected chi connectivity index (χ4v) is 3.38. The summed E-state index contributed by atoms with van der Waals surface area (Å²) in [4.78, 5) is 12.6. The Balaban J connectivity index is 1.56. The third-order valence-corrected chi connectivity index (χ3v) is 4.46. The Morgan fingerprint density at radius 1 is 1.42 bits per heavy atom. The molecule has 102 valence electrons. The van der Waals surface area contributed by atoms with Gasteiger partial charge in [-0.25, -0.2) is 0 Å². The van der Waals surface area contributed by atoms with Gasteiger partial charge in [-0.2, -0.15) is 4.52 Å². The second-order valence-corrected chi connectivity index (χ2v) is 6.04. The Morgan fingerprint density at radius 2 is 2.21 bits per heavy atom. The van der Waals surface area contributed by atoms with E-state index in [-0.39, 0.29) is 5.91 Å². The molecule has 0 aromatic carbocycles. The number of carbonyl (C=O) groups excluding carboxylic acids is 1. The van der Waals surface area contributed by atoms with Crippen molar-refractivity contribution in [2.45, 2.75) is 45.4 Å². The SMILES string of the molecule is Cc1nnc2sc(NC(=O)CCC3CCCC3)nn12.